The van der Waals surface area contributed by atoms with Gasteiger partial charge in [-0.2, -0.15) is 0 Å². The number of carbonyl (C=O) groups is 2. The highest BCUT2D eigenvalue weighted by molar-refractivity contribution is 5.86. The monoisotopic (exact) mass is 257 g/mol. The number of nitrogens with one attached hydrogen (secondary N) is 2. The van der Waals surface area contributed by atoms with Gasteiger partial charge in [-0.3, -0.25) is 4.79 Å². The van der Waals surface area contributed by atoms with Crippen LogP contribution >= 0.6 is 0 Å². The Bertz CT molecular complexity index is 312. The first kappa shape index (κ1) is 14.8. The summed E-state index contributed by atoms with van der Waals surface area (Å²) in [6.45, 7) is 3.94. The second-order valence-corrected chi connectivity index (χ2v) is 5.35. The Labute approximate surface area is 107 Å². The summed E-state index contributed by atoms with van der Waals surface area (Å²) >= 11 is 0. The van der Waals surface area contributed by atoms with E-state index in [0.717, 1.165) is 12.8 Å². The highest BCUT2D eigenvalue weighted by Gasteiger charge is 2.32. The Morgan fingerprint density at radius 1 is 1.44 bits per heavy atom. The Morgan fingerprint density at radius 3 is 2.50 bits per heavy atom. The van der Waals surface area contributed by atoms with Crippen LogP contribution in [0.25, 0.3) is 0 Å². The first-order valence-electron chi connectivity index (χ1n) is 6.38. The van der Waals surface area contributed by atoms with E-state index in [4.69, 9.17) is 5.73 Å². The lowest BCUT2D eigenvalue weighted by molar-refractivity contribution is -0.124. The fraction of sp³-hybridized carbons (Fsp3) is 0.833. The Morgan fingerprint density at radius 2 is 2.00 bits per heavy atom. The zero-order valence-electron chi connectivity index (χ0n) is 11.0. The summed E-state index contributed by atoms with van der Waals surface area (Å²) in [5.74, 6) is 0.303. The van der Waals surface area contributed by atoms with Crippen LogP contribution in [-0.2, 0) is 4.79 Å². The summed E-state index contributed by atoms with van der Waals surface area (Å²) in [6.07, 6.45) is 3.35. The topological polar surface area (TPSA) is 104 Å². The maximum absolute atomic E-state index is 11.6. The number of nitrogens with two attached hydrogens (primary N) is 1. The van der Waals surface area contributed by atoms with E-state index in [1.807, 2.05) is 0 Å². The molecule has 1 atom stereocenters. The molecule has 1 fully saturated rings. The average Bonchev–Trinajstić information content (AvgIpc) is 2.29. The highest BCUT2D eigenvalue weighted by atomic mass is 16.3. The number of carbonyl (C=O) groups excluding carboxylic acids is 2. The van der Waals surface area contributed by atoms with E-state index in [1.54, 1.807) is 6.92 Å². The van der Waals surface area contributed by atoms with Crippen molar-refractivity contribution in [3.63, 3.8) is 0 Å². The summed E-state index contributed by atoms with van der Waals surface area (Å²) in [4.78, 5) is 22.2. The van der Waals surface area contributed by atoms with Crippen molar-refractivity contribution in [3.05, 3.63) is 0 Å². The molecule has 0 aromatic carbocycles. The number of hydrogen-bond donors (Lipinski definition) is 4. The van der Waals surface area contributed by atoms with Crippen LogP contribution in [0, 0.1) is 5.92 Å². The van der Waals surface area contributed by atoms with Gasteiger partial charge in [-0.15, -0.1) is 0 Å². The van der Waals surface area contributed by atoms with Crippen molar-refractivity contribution in [1.29, 1.82) is 0 Å². The lowest BCUT2D eigenvalue weighted by Crippen LogP contribution is -2.51. The number of aliphatic hydroxyl groups is 1. The molecule has 0 aromatic rings. The molecule has 1 aliphatic carbocycles. The molecule has 1 rings (SSSR count). The molecule has 0 aliphatic heterocycles. The molecule has 0 heterocycles. The Kier molecular flexibility index (Phi) is 4.95. The summed E-state index contributed by atoms with van der Waals surface area (Å²) in [6, 6.07) is -1.42. The molecule has 18 heavy (non-hydrogen) atoms. The minimum atomic E-state index is -0.811. The van der Waals surface area contributed by atoms with E-state index in [2.05, 4.69) is 17.6 Å². The third-order valence-corrected chi connectivity index (χ3v) is 3.55. The molecule has 0 spiro atoms. The normalized spacial score (nSPS) is 29.4. The van der Waals surface area contributed by atoms with Crippen LogP contribution in [0.15, 0.2) is 0 Å². The van der Waals surface area contributed by atoms with Crippen LogP contribution in [0.5, 0.6) is 0 Å². The molecule has 5 N–H and O–H groups in total. The maximum Gasteiger partial charge on any atom is 0.312 e. The van der Waals surface area contributed by atoms with E-state index in [0.29, 0.717) is 18.8 Å². The molecule has 104 valence electrons. The van der Waals surface area contributed by atoms with Gasteiger partial charge in [0.25, 0.3) is 0 Å². The summed E-state index contributed by atoms with van der Waals surface area (Å²) in [7, 11) is 0. The van der Waals surface area contributed by atoms with E-state index >= 15 is 0 Å². The van der Waals surface area contributed by atoms with Crippen molar-refractivity contribution in [3.8, 4) is 0 Å². The number of amides is 3. The van der Waals surface area contributed by atoms with Crippen molar-refractivity contribution in [1.82, 2.24) is 10.6 Å². The third-order valence-electron chi connectivity index (χ3n) is 3.55. The predicted octanol–water partition coefficient (Wildman–Crippen LogP) is 0.101. The van der Waals surface area contributed by atoms with Gasteiger partial charge in [-0.25, -0.2) is 4.79 Å². The summed E-state index contributed by atoms with van der Waals surface area (Å²) in [5.41, 5.74) is 4.12. The van der Waals surface area contributed by atoms with Gasteiger partial charge >= 0.3 is 6.03 Å². The molecular formula is C12H23N3O3. The van der Waals surface area contributed by atoms with Crippen LogP contribution in [0.4, 0.5) is 4.79 Å². The number of primary amides is 1. The molecule has 0 aromatic heterocycles. The quantitative estimate of drug-likeness (QED) is 0.574. The molecule has 0 saturated heterocycles. The lowest BCUT2D eigenvalue weighted by atomic mass is 9.79. The van der Waals surface area contributed by atoms with Crippen LogP contribution in [0.2, 0.25) is 0 Å². The summed E-state index contributed by atoms with van der Waals surface area (Å²) in [5, 5.41) is 15.2. The average molecular weight is 257 g/mol. The first-order chi connectivity index (χ1) is 8.32. The molecular weight excluding hydrogens is 234 g/mol. The SMILES string of the molecule is CC1CCC(O)(CNC(=O)C(C)NC(N)=O)CC1. The molecule has 1 saturated carbocycles. The largest absolute Gasteiger partial charge is 0.388 e. The molecule has 1 aliphatic rings. The molecule has 6 nitrogen and oxygen atoms in total. The van der Waals surface area contributed by atoms with Crippen molar-refractivity contribution in [2.45, 2.75) is 51.2 Å². The fourth-order valence-electron chi connectivity index (χ4n) is 2.16. The smallest absolute Gasteiger partial charge is 0.312 e. The van der Waals surface area contributed by atoms with Gasteiger partial charge in [0.2, 0.25) is 5.91 Å². The van der Waals surface area contributed by atoms with Gasteiger partial charge in [0.05, 0.1) is 5.60 Å². The molecule has 1 unspecified atom stereocenters. The van der Waals surface area contributed by atoms with Crippen molar-refractivity contribution >= 4 is 11.9 Å². The van der Waals surface area contributed by atoms with Gasteiger partial charge in [-0.1, -0.05) is 6.92 Å². The molecule has 0 radical (unpaired) electrons. The minimum absolute atomic E-state index is 0.226. The van der Waals surface area contributed by atoms with Gasteiger partial charge in [0, 0.05) is 6.54 Å². The minimum Gasteiger partial charge on any atom is -0.388 e. The number of urea groups is 1. The number of hydrogen-bond acceptors (Lipinski definition) is 3. The summed E-state index contributed by atoms with van der Waals surface area (Å²) < 4.78 is 0. The highest BCUT2D eigenvalue weighted by Crippen LogP contribution is 2.31. The van der Waals surface area contributed by atoms with Crippen LogP contribution in [0.3, 0.4) is 0 Å². The van der Waals surface area contributed by atoms with Gasteiger partial charge in [0.1, 0.15) is 6.04 Å². The van der Waals surface area contributed by atoms with Crippen LogP contribution < -0.4 is 16.4 Å². The van der Waals surface area contributed by atoms with Gasteiger partial charge in [0.15, 0.2) is 0 Å². The third kappa shape index (κ3) is 4.52. The molecule has 3 amide bonds. The van der Waals surface area contributed by atoms with Crippen molar-refractivity contribution < 1.29 is 14.7 Å². The van der Waals surface area contributed by atoms with Gasteiger partial charge in [-0.05, 0) is 38.5 Å². The van der Waals surface area contributed by atoms with Crippen LogP contribution in [-0.4, -0.2) is 35.2 Å². The molecule has 6 heteroatoms. The Hall–Kier alpha value is -1.30. The Balaban J connectivity index is 2.35. The zero-order chi connectivity index (χ0) is 13.8. The van der Waals surface area contributed by atoms with Crippen LogP contribution in [0.1, 0.15) is 39.5 Å². The van der Waals surface area contributed by atoms with Gasteiger partial charge < -0.3 is 21.5 Å². The molecule has 0 bridgehead atoms. The van der Waals surface area contributed by atoms with E-state index in [9.17, 15) is 14.7 Å². The van der Waals surface area contributed by atoms with E-state index in [-0.39, 0.29) is 12.5 Å². The first-order valence-corrected chi connectivity index (χ1v) is 6.38. The lowest BCUT2D eigenvalue weighted by Gasteiger charge is -2.35. The fourth-order valence-corrected chi connectivity index (χ4v) is 2.16. The van der Waals surface area contributed by atoms with E-state index in [1.165, 1.54) is 0 Å². The maximum atomic E-state index is 11.6. The zero-order valence-corrected chi connectivity index (χ0v) is 11.0. The predicted molar refractivity (Wildman–Crippen MR) is 67.8 cm³/mol. The number of rotatable bonds is 4. The second kappa shape index (κ2) is 6.04. The van der Waals surface area contributed by atoms with E-state index < -0.39 is 17.7 Å². The van der Waals surface area contributed by atoms with Crippen molar-refractivity contribution in [2.24, 2.45) is 11.7 Å². The standard InChI is InChI=1S/C12H23N3O3/c1-8-3-5-12(18,6-4-8)7-14-10(16)9(2)15-11(13)17/h8-9,18H,3-7H2,1-2H3,(H,14,16)(H3,13,15,17). The van der Waals surface area contributed by atoms with Crippen molar-refractivity contribution in [2.75, 3.05) is 6.54 Å². The second-order valence-electron chi connectivity index (χ2n) is 5.35.